The zero-order valence-corrected chi connectivity index (χ0v) is 28.1. The predicted octanol–water partition coefficient (Wildman–Crippen LogP) is 10.0. The lowest BCUT2D eigenvalue weighted by Gasteiger charge is -2.26. The maximum Gasteiger partial charge on any atom is 0.225 e. The second kappa shape index (κ2) is 20.9. The first kappa shape index (κ1) is 38.0. The number of imidazole rings is 1. The molecule has 0 radical (unpaired) electrons. The molecule has 41 heavy (non-hydrogen) atoms. The van der Waals surface area contributed by atoms with E-state index in [0.717, 1.165) is 74.0 Å². The number of rotatable bonds is 10. The van der Waals surface area contributed by atoms with Crippen molar-refractivity contribution in [2.75, 3.05) is 13.1 Å². The minimum absolute atomic E-state index is 0.167. The van der Waals surface area contributed by atoms with Crippen LogP contribution in [0.1, 0.15) is 113 Å². The summed E-state index contributed by atoms with van der Waals surface area (Å²) in [6.45, 7) is 24.4. The number of nitrogens with zero attached hydrogens (tertiary/aromatic N) is 2. The summed E-state index contributed by atoms with van der Waals surface area (Å²) in [5, 5.41) is 0. The van der Waals surface area contributed by atoms with Crippen molar-refractivity contribution in [3.8, 4) is 11.4 Å². The van der Waals surface area contributed by atoms with Crippen LogP contribution in [0.4, 0.5) is 0 Å². The lowest BCUT2D eigenvalue weighted by molar-refractivity contribution is -0.136. The zero-order chi connectivity index (χ0) is 31.4. The fourth-order valence-corrected chi connectivity index (χ4v) is 4.10. The maximum absolute atomic E-state index is 12.3. The number of aromatic nitrogens is 2. The highest BCUT2D eigenvalue weighted by molar-refractivity contribution is 5.79. The van der Waals surface area contributed by atoms with E-state index in [-0.39, 0.29) is 11.7 Å². The molecule has 0 saturated carbocycles. The normalized spacial score (nSPS) is 10.5. The van der Waals surface area contributed by atoms with E-state index in [9.17, 15) is 9.59 Å². The van der Waals surface area contributed by atoms with Gasteiger partial charge < -0.3 is 14.7 Å². The fourth-order valence-electron chi connectivity index (χ4n) is 4.10. The molecule has 1 amide bonds. The van der Waals surface area contributed by atoms with E-state index >= 15 is 0 Å². The number of aryl methyl sites for hydroxylation is 1. The molecule has 1 aromatic heterocycles. The van der Waals surface area contributed by atoms with Crippen molar-refractivity contribution < 1.29 is 9.59 Å². The van der Waals surface area contributed by atoms with Crippen LogP contribution >= 0.6 is 0 Å². The van der Waals surface area contributed by atoms with Crippen molar-refractivity contribution >= 4 is 22.7 Å². The van der Waals surface area contributed by atoms with E-state index in [4.69, 9.17) is 0 Å². The third-order valence-electron chi connectivity index (χ3n) is 5.60. The third-order valence-corrected chi connectivity index (χ3v) is 5.60. The molecule has 0 saturated heterocycles. The molecule has 2 aromatic carbocycles. The largest absolute Gasteiger partial charge is 0.342 e. The monoisotopic (exact) mass is 565 g/mol. The van der Waals surface area contributed by atoms with E-state index < -0.39 is 0 Å². The van der Waals surface area contributed by atoms with E-state index in [1.165, 1.54) is 19.4 Å². The van der Waals surface area contributed by atoms with Gasteiger partial charge in [0.1, 0.15) is 11.6 Å². The number of Topliss-reactive ketones (excluding diaryl/α,β-unsaturated/α-hetero) is 1. The predicted molar refractivity (Wildman–Crippen MR) is 178 cm³/mol. The molecule has 0 unspecified atom stereocenters. The van der Waals surface area contributed by atoms with Crippen molar-refractivity contribution in [2.24, 2.45) is 11.3 Å². The number of carbonyl (C=O) groups excluding carboxylic acids is 2. The minimum atomic E-state index is 0.167. The van der Waals surface area contributed by atoms with E-state index in [0.29, 0.717) is 11.3 Å². The number of H-pyrrole nitrogens is 1. The van der Waals surface area contributed by atoms with Gasteiger partial charge in [-0.05, 0) is 70.1 Å². The highest BCUT2D eigenvalue weighted by atomic mass is 16.2. The quantitative estimate of drug-likeness (QED) is 0.266. The van der Waals surface area contributed by atoms with Gasteiger partial charge in [0.2, 0.25) is 5.91 Å². The first-order chi connectivity index (χ1) is 19.3. The number of ketones is 1. The Kier molecular flexibility index (Phi) is 19.4. The molecule has 0 bridgehead atoms. The molecular formula is C36H59N3O2. The van der Waals surface area contributed by atoms with Crippen molar-refractivity contribution in [3.63, 3.8) is 0 Å². The van der Waals surface area contributed by atoms with Crippen molar-refractivity contribution in [3.05, 3.63) is 54.1 Å². The number of nitrogens with one attached hydrogen (secondary N) is 1. The first-order valence-corrected chi connectivity index (χ1v) is 15.5. The van der Waals surface area contributed by atoms with Gasteiger partial charge in [0.25, 0.3) is 0 Å². The molecule has 5 nitrogen and oxygen atoms in total. The maximum atomic E-state index is 12.3. The number of fused-ring (bicyclic) bond motifs is 1. The summed E-state index contributed by atoms with van der Waals surface area (Å²) in [5.74, 6) is 1.77. The summed E-state index contributed by atoms with van der Waals surface area (Å²) in [6, 6.07) is 16.4. The Bertz CT molecular complexity index is 1050. The Balaban J connectivity index is 0.000000605. The Morgan fingerprint density at radius 2 is 1.34 bits per heavy atom. The Morgan fingerprint density at radius 3 is 1.78 bits per heavy atom. The van der Waals surface area contributed by atoms with Gasteiger partial charge in [-0.2, -0.15) is 0 Å². The van der Waals surface area contributed by atoms with Crippen LogP contribution in [0, 0.1) is 18.3 Å². The average molecular weight is 566 g/mol. The number of amides is 1. The zero-order valence-electron chi connectivity index (χ0n) is 28.1. The Labute approximate surface area is 251 Å². The standard InChI is InChI=1S/C14H12N2.C14H29NO.C5H12.C3H6O/c1-10-5-4-6-11(9-10)14-15-12-7-2-3-8-13(12)16-14;1-5-9-13(10-6-2)14(16)15(11-7-3)12-8-4;1-5(2,3)4;1-3(2)4/h2-9H,1H3,(H,15,16);13H,5-12H2,1-4H3;1-4H3;1-2H3. The Hall–Kier alpha value is -2.95. The third kappa shape index (κ3) is 18.2. The molecule has 3 aromatic rings. The van der Waals surface area contributed by atoms with Gasteiger partial charge in [-0.1, -0.05) is 104 Å². The van der Waals surface area contributed by atoms with Crippen LogP contribution in [0.5, 0.6) is 0 Å². The number of hydrogen-bond donors (Lipinski definition) is 1. The van der Waals surface area contributed by atoms with Crippen molar-refractivity contribution in [1.29, 1.82) is 0 Å². The van der Waals surface area contributed by atoms with Gasteiger partial charge in [-0.3, -0.25) is 4.79 Å². The highest BCUT2D eigenvalue weighted by Crippen LogP contribution is 2.21. The average Bonchev–Trinajstić information content (AvgIpc) is 3.32. The molecule has 0 aliphatic rings. The van der Waals surface area contributed by atoms with Gasteiger partial charge in [0, 0.05) is 24.6 Å². The number of hydrogen-bond acceptors (Lipinski definition) is 3. The lowest BCUT2D eigenvalue weighted by Crippen LogP contribution is -2.37. The molecule has 0 aliphatic heterocycles. The molecule has 1 heterocycles. The van der Waals surface area contributed by atoms with Crippen molar-refractivity contribution in [2.45, 2.75) is 115 Å². The topological polar surface area (TPSA) is 66.1 Å². The molecular weight excluding hydrogens is 506 g/mol. The van der Waals surface area contributed by atoms with Gasteiger partial charge in [0.05, 0.1) is 11.0 Å². The molecule has 3 rings (SSSR count). The van der Waals surface area contributed by atoms with Gasteiger partial charge in [-0.15, -0.1) is 0 Å². The highest BCUT2D eigenvalue weighted by Gasteiger charge is 2.21. The van der Waals surface area contributed by atoms with E-state index in [2.05, 4.69) is 101 Å². The summed E-state index contributed by atoms with van der Waals surface area (Å²) >= 11 is 0. The molecule has 0 aliphatic carbocycles. The summed E-state index contributed by atoms with van der Waals surface area (Å²) in [4.78, 5) is 31.7. The van der Waals surface area contributed by atoms with Gasteiger partial charge in [-0.25, -0.2) is 4.98 Å². The second-order valence-corrected chi connectivity index (χ2v) is 12.5. The molecule has 0 atom stereocenters. The summed E-state index contributed by atoms with van der Waals surface area (Å²) in [6.07, 6.45) is 6.46. The number of carbonyl (C=O) groups is 2. The van der Waals surface area contributed by atoms with Crippen LogP contribution < -0.4 is 0 Å². The summed E-state index contributed by atoms with van der Waals surface area (Å²) in [5.41, 5.74) is 4.98. The van der Waals surface area contributed by atoms with Crippen molar-refractivity contribution in [1.82, 2.24) is 14.9 Å². The second-order valence-electron chi connectivity index (χ2n) is 12.5. The Morgan fingerprint density at radius 1 is 0.829 bits per heavy atom. The number of aromatic amines is 1. The first-order valence-electron chi connectivity index (χ1n) is 15.5. The fraction of sp³-hybridized carbons (Fsp3) is 0.583. The smallest absolute Gasteiger partial charge is 0.225 e. The van der Waals surface area contributed by atoms with Crippen LogP contribution in [-0.2, 0) is 9.59 Å². The minimum Gasteiger partial charge on any atom is -0.342 e. The number of para-hydroxylation sites is 2. The van der Waals surface area contributed by atoms with E-state index in [1.54, 1.807) is 0 Å². The van der Waals surface area contributed by atoms with E-state index in [1.807, 2.05) is 24.3 Å². The van der Waals surface area contributed by atoms with Crippen LogP contribution in [0.2, 0.25) is 0 Å². The SMILES string of the molecule is CC(C)(C)C.CC(C)=O.CCCC(CCC)C(=O)N(CCC)CCC.Cc1cccc(-c2nc3ccccc3[nH]2)c1. The van der Waals surface area contributed by atoms with Gasteiger partial charge >= 0.3 is 0 Å². The lowest BCUT2D eigenvalue weighted by atomic mass is 9.96. The number of benzene rings is 2. The molecule has 1 N–H and O–H groups in total. The van der Waals surface area contributed by atoms with Crippen LogP contribution in [0.15, 0.2) is 48.5 Å². The van der Waals surface area contributed by atoms with Crippen LogP contribution in [0.25, 0.3) is 22.4 Å². The van der Waals surface area contributed by atoms with Crippen LogP contribution in [-0.4, -0.2) is 39.6 Å². The van der Waals surface area contributed by atoms with Gasteiger partial charge in [0.15, 0.2) is 0 Å². The molecule has 0 fully saturated rings. The van der Waals surface area contributed by atoms with Crippen LogP contribution in [0.3, 0.4) is 0 Å². The molecule has 0 spiro atoms. The summed E-state index contributed by atoms with van der Waals surface area (Å²) in [7, 11) is 0. The summed E-state index contributed by atoms with van der Waals surface area (Å²) < 4.78 is 0. The molecule has 5 heteroatoms. The molecule has 230 valence electrons.